The van der Waals surface area contributed by atoms with Crippen molar-refractivity contribution in [1.82, 2.24) is 19.9 Å². The second-order valence-electron chi connectivity index (χ2n) is 7.80. The minimum Gasteiger partial charge on any atom is -0.364 e. The Bertz CT molecular complexity index is 1080. The molecule has 0 atom stereocenters. The Hall–Kier alpha value is -2.22. The molecule has 0 bridgehead atoms. The maximum atomic E-state index is 14.1. The second kappa shape index (κ2) is 8.13. The summed E-state index contributed by atoms with van der Waals surface area (Å²) in [6, 6.07) is 5.15. The van der Waals surface area contributed by atoms with Crippen LogP contribution in [0.4, 0.5) is 16.0 Å². The lowest BCUT2D eigenvalue weighted by molar-refractivity contribution is 0.246. The van der Waals surface area contributed by atoms with Crippen LogP contribution < -0.4 is 10.2 Å². The van der Waals surface area contributed by atoms with E-state index in [9.17, 15) is 4.39 Å². The second-order valence-corrected chi connectivity index (χ2v) is 8.65. The van der Waals surface area contributed by atoms with Crippen molar-refractivity contribution in [2.75, 3.05) is 36.4 Å². The number of hydrogen-bond acceptors (Lipinski definition) is 6. The number of benzene rings is 1. The number of hydrogen-bond donors (Lipinski definition) is 1. The molecule has 2 aromatic heterocycles. The summed E-state index contributed by atoms with van der Waals surface area (Å²) < 4.78 is 14.1. The summed E-state index contributed by atoms with van der Waals surface area (Å²) in [7, 11) is 0. The molecule has 0 amide bonds. The Morgan fingerprint density at radius 3 is 2.63 bits per heavy atom. The van der Waals surface area contributed by atoms with Crippen LogP contribution in [0.15, 0.2) is 30.6 Å². The molecule has 1 aromatic carbocycles. The minimum atomic E-state index is -0.220. The molecule has 1 saturated heterocycles. The van der Waals surface area contributed by atoms with Crippen LogP contribution in [0.5, 0.6) is 0 Å². The fraction of sp³-hybridized carbons (Fsp3) is 0.381. The van der Waals surface area contributed by atoms with Gasteiger partial charge in [0.25, 0.3) is 0 Å². The van der Waals surface area contributed by atoms with Gasteiger partial charge in [-0.2, -0.15) is 0 Å². The average Bonchev–Trinajstić information content (AvgIpc) is 3.56. The number of aromatic nitrogens is 3. The zero-order chi connectivity index (χ0) is 20.7. The molecular weight excluding hydrogens is 426 g/mol. The number of nitrogens with one attached hydrogen (secondary N) is 1. The van der Waals surface area contributed by atoms with Crippen molar-refractivity contribution in [1.29, 1.82) is 0 Å². The Morgan fingerprint density at radius 2 is 1.87 bits per heavy atom. The first-order valence-corrected chi connectivity index (χ1v) is 10.8. The van der Waals surface area contributed by atoms with Crippen molar-refractivity contribution in [3.8, 4) is 0 Å². The molecule has 3 heterocycles. The molecule has 5 rings (SSSR count). The first kappa shape index (κ1) is 19.7. The standard InChI is InChI=1S/C21H21Cl2FN6/c22-14-1-4-17(24)13(9-14)12-29-5-7-30(8-6-29)21-20(26-15-2-3-15)28-19-16(23)10-25-11-18(19)27-21/h1,4,9-11,15H,2-3,5-8,12H2,(H,26,28). The van der Waals surface area contributed by atoms with Crippen molar-refractivity contribution in [3.05, 3.63) is 52.0 Å². The number of anilines is 2. The van der Waals surface area contributed by atoms with E-state index in [2.05, 4.69) is 20.1 Å². The van der Waals surface area contributed by atoms with Crippen molar-refractivity contribution < 1.29 is 4.39 Å². The molecule has 1 saturated carbocycles. The molecule has 156 valence electrons. The van der Waals surface area contributed by atoms with E-state index in [1.165, 1.54) is 6.07 Å². The zero-order valence-electron chi connectivity index (χ0n) is 16.3. The van der Waals surface area contributed by atoms with Gasteiger partial charge in [-0.15, -0.1) is 0 Å². The van der Waals surface area contributed by atoms with Gasteiger partial charge in [0.2, 0.25) is 0 Å². The van der Waals surface area contributed by atoms with E-state index in [4.69, 9.17) is 33.2 Å². The monoisotopic (exact) mass is 446 g/mol. The number of nitrogens with zero attached hydrogens (tertiary/aromatic N) is 5. The van der Waals surface area contributed by atoms with Gasteiger partial charge in [0.05, 0.1) is 11.2 Å². The summed E-state index contributed by atoms with van der Waals surface area (Å²) >= 11 is 12.3. The third-order valence-corrected chi connectivity index (χ3v) is 6.02. The topological polar surface area (TPSA) is 57.2 Å². The van der Waals surface area contributed by atoms with Gasteiger partial charge in [-0.25, -0.2) is 14.4 Å². The van der Waals surface area contributed by atoms with E-state index in [1.807, 2.05) is 0 Å². The van der Waals surface area contributed by atoms with Crippen LogP contribution in [0.3, 0.4) is 0 Å². The predicted octanol–water partition coefficient (Wildman–Crippen LogP) is 4.37. The first-order chi connectivity index (χ1) is 14.6. The van der Waals surface area contributed by atoms with Gasteiger partial charge in [-0.3, -0.25) is 9.88 Å². The van der Waals surface area contributed by atoms with Crippen molar-refractivity contribution in [2.45, 2.75) is 25.4 Å². The maximum Gasteiger partial charge on any atom is 0.172 e. The molecule has 6 nitrogen and oxygen atoms in total. The third-order valence-electron chi connectivity index (χ3n) is 5.51. The summed E-state index contributed by atoms with van der Waals surface area (Å²) in [6.45, 7) is 3.67. The molecule has 0 unspecified atom stereocenters. The summed E-state index contributed by atoms with van der Waals surface area (Å²) in [5.41, 5.74) is 1.97. The first-order valence-electron chi connectivity index (χ1n) is 10.1. The third kappa shape index (κ3) is 4.15. The highest BCUT2D eigenvalue weighted by atomic mass is 35.5. The fourth-order valence-electron chi connectivity index (χ4n) is 3.70. The van der Waals surface area contributed by atoms with E-state index in [-0.39, 0.29) is 5.82 Å². The van der Waals surface area contributed by atoms with Crippen LogP contribution in [-0.2, 0) is 6.54 Å². The van der Waals surface area contributed by atoms with Gasteiger partial charge >= 0.3 is 0 Å². The molecule has 3 aromatic rings. The summed E-state index contributed by atoms with van der Waals surface area (Å²) in [5.74, 6) is 1.38. The quantitative estimate of drug-likeness (QED) is 0.627. The van der Waals surface area contributed by atoms with Crippen LogP contribution in [-0.4, -0.2) is 52.1 Å². The molecule has 1 N–H and O–H groups in total. The van der Waals surface area contributed by atoms with Gasteiger partial charge in [-0.1, -0.05) is 23.2 Å². The van der Waals surface area contributed by atoms with Crippen LogP contribution in [0.25, 0.3) is 11.0 Å². The number of rotatable bonds is 5. The SMILES string of the molecule is Fc1ccc(Cl)cc1CN1CCN(c2nc3cncc(Cl)c3nc2NC2CC2)CC1. The fourth-order valence-corrected chi connectivity index (χ4v) is 4.09. The highest BCUT2D eigenvalue weighted by Crippen LogP contribution is 2.32. The summed E-state index contributed by atoms with van der Waals surface area (Å²) in [5, 5.41) is 4.55. The summed E-state index contributed by atoms with van der Waals surface area (Å²) in [4.78, 5) is 18.2. The minimum absolute atomic E-state index is 0.220. The largest absolute Gasteiger partial charge is 0.364 e. The van der Waals surface area contributed by atoms with E-state index >= 15 is 0 Å². The number of pyridine rings is 1. The van der Waals surface area contributed by atoms with Crippen LogP contribution in [0.2, 0.25) is 10.0 Å². The Morgan fingerprint density at radius 1 is 1.07 bits per heavy atom. The molecule has 2 aliphatic rings. The Kier molecular flexibility index (Phi) is 5.35. The van der Waals surface area contributed by atoms with Crippen molar-refractivity contribution >= 4 is 45.9 Å². The molecular formula is C21H21Cl2FN6. The van der Waals surface area contributed by atoms with E-state index in [0.717, 1.165) is 50.7 Å². The lowest BCUT2D eigenvalue weighted by Crippen LogP contribution is -2.46. The lowest BCUT2D eigenvalue weighted by Gasteiger charge is -2.36. The van der Waals surface area contributed by atoms with Crippen molar-refractivity contribution in [2.24, 2.45) is 0 Å². The normalized spacial score (nSPS) is 17.5. The average molecular weight is 447 g/mol. The number of piperazine rings is 1. The van der Waals surface area contributed by atoms with Gasteiger partial charge in [0, 0.05) is 55.5 Å². The summed E-state index contributed by atoms with van der Waals surface area (Å²) in [6.07, 6.45) is 5.56. The van der Waals surface area contributed by atoms with Gasteiger partial charge in [0.1, 0.15) is 16.9 Å². The van der Waals surface area contributed by atoms with Crippen LogP contribution in [0.1, 0.15) is 18.4 Å². The van der Waals surface area contributed by atoms with Gasteiger partial charge < -0.3 is 10.2 Å². The Balaban J connectivity index is 1.35. The predicted molar refractivity (Wildman–Crippen MR) is 118 cm³/mol. The van der Waals surface area contributed by atoms with Crippen LogP contribution in [0, 0.1) is 5.82 Å². The van der Waals surface area contributed by atoms with Gasteiger partial charge in [-0.05, 0) is 31.0 Å². The smallest absolute Gasteiger partial charge is 0.172 e. The zero-order valence-corrected chi connectivity index (χ0v) is 17.8. The van der Waals surface area contributed by atoms with E-state index < -0.39 is 0 Å². The number of fused-ring (bicyclic) bond motifs is 1. The molecule has 1 aliphatic heterocycles. The molecule has 0 spiro atoms. The molecule has 1 aliphatic carbocycles. The Labute approximate surface area is 184 Å². The van der Waals surface area contributed by atoms with Crippen LogP contribution >= 0.6 is 23.2 Å². The number of halogens is 3. The molecule has 2 fully saturated rings. The van der Waals surface area contributed by atoms with E-state index in [0.29, 0.717) is 39.2 Å². The maximum absolute atomic E-state index is 14.1. The molecule has 30 heavy (non-hydrogen) atoms. The molecule has 9 heteroatoms. The van der Waals surface area contributed by atoms with Crippen molar-refractivity contribution in [3.63, 3.8) is 0 Å². The van der Waals surface area contributed by atoms with Gasteiger partial charge in [0.15, 0.2) is 11.6 Å². The van der Waals surface area contributed by atoms with E-state index in [1.54, 1.807) is 24.5 Å². The highest BCUT2D eigenvalue weighted by Gasteiger charge is 2.27. The molecule has 0 radical (unpaired) electrons. The highest BCUT2D eigenvalue weighted by molar-refractivity contribution is 6.34. The lowest BCUT2D eigenvalue weighted by atomic mass is 10.2.